The Labute approximate surface area is 164 Å². The summed E-state index contributed by atoms with van der Waals surface area (Å²) < 4.78 is 37.9. The molecule has 0 aliphatic carbocycles. The van der Waals surface area contributed by atoms with Crippen molar-refractivity contribution in [1.29, 1.82) is 0 Å². The predicted octanol–water partition coefficient (Wildman–Crippen LogP) is 3.65. The first-order valence-corrected chi connectivity index (χ1v) is 9.85. The van der Waals surface area contributed by atoms with E-state index in [1.807, 2.05) is 4.90 Å². The molecule has 1 fully saturated rings. The van der Waals surface area contributed by atoms with Gasteiger partial charge < -0.3 is 9.80 Å². The number of anilines is 2. The van der Waals surface area contributed by atoms with E-state index in [0.717, 1.165) is 36.5 Å². The molecule has 11 heteroatoms. The van der Waals surface area contributed by atoms with Crippen LogP contribution in [0.1, 0.15) is 30.3 Å². The standard InChI is InChI=1S/C17H21F3N6OS/c1-2-3-4-14-23-24-15(28-14)22-16(27)26-9-7-25(8-10-26)13-6-5-12(11-21-13)17(18,19)20/h5-6,11H,2-4,7-10H2,1H3,(H,22,24,27). The fourth-order valence-electron chi connectivity index (χ4n) is 2.78. The Bertz CT molecular complexity index is 787. The first-order chi connectivity index (χ1) is 13.4. The zero-order valence-corrected chi connectivity index (χ0v) is 16.2. The topological polar surface area (TPSA) is 74.2 Å². The molecule has 3 rings (SSSR count). The van der Waals surface area contributed by atoms with Crippen LogP contribution in [0.2, 0.25) is 0 Å². The number of pyridine rings is 1. The van der Waals surface area contributed by atoms with Crippen molar-refractivity contribution in [2.45, 2.75) is 32.4 Å². The Hall–Kier alpha value is -2.43. The van der Waals surface area contributed by atoms with Crippen LogP contribution in [0.4, 0.5) is 28.9 Å². The van der Waals surface area contributed by atoms with E-state index in [0.29, 0.717) is 37.1 Å². The Morgan fingerprint density at radius 3 is 2.57 bits per heavy atom. The molecule has 28 heavy (non-hydrogen) atoms. The van der Waals surface area contributed by atoms with Gasteiger partial charge in [0.15, 0.2) is 0 Å². The molecule has 0 spiro atoms. The van der Waals surface area contributed by atoms with Crippen molar-refractivity contribution >= 4 is 28.3 Å². The van der Waals surface area contributed by atoms with Gasteiger partial charge in [0.2, 0.25) is 5.13 Å². The smallest absolute Gasteiger partial charge is 0.353 e. The molecule has 3 heterocycles. The average Bonchev–Trinajstić information content (AvgIpc) is 3.13. The monoisotopic (exact) mass is 414 g/mol. The van der Waals surface area contributed by atoms with E-state index in [1.165, 1.54) is 17.4 Å². The highest BCUT2D eigenvalue weighted by Gasteiger charge is 2.31. The van der Waals surface area contributed by atoms with E-state index < -0.39 is 11.7 Å². The lowest BCUT2D eigenvalue weighted by Crippen LogP contribution is -2.50. The second-order valence-corrected chi connectivity index (χ2v) is 7.47. The Morgan fingerprint density at radius 2 is 1.96 bits per heavy atom. The van der Waals surface area contributed by atoms with Crippen molar-refractivity contribution < 1.29 is 18.0 Å². The number of aryl methyl sites for hydroxylation is 1. The van der Waals surface area contributed by atoms with Gasteiger partial charge in [0, 0.05) is 38.8 Å². The fraction of sp³-hybridized carbons (Fsp3) is 0.529. The maximum absolute atomic E-state index is 12.6. The van der Waals surface area contributed by atoms with Crippen LogP contribution in [0, 0.1) is 0 Å². The number of urea groups is 1. The van der Waals surface area contributed by atoms with E-state index in [-0.39, 0.29) is 6.03 Å². The number of unbranched alkanes of at least 4 members (excludes halogenated alkanes) is 1. The lowest BCUT2D eigenvalue weighted by atomic mass is 10.2. The molecule has 152 valence electrons. The first kappa shape index (κ1) is 20.3. The Morgan fingerprint density at radius 1 is 1.21 bits per heavy atom. The van der Waals surface area contributed by atoms with Gasteiger partial charge >= 0.3 is 12.2 Å². The highest BCUT2D eigenvalue weighted by molar-refractivity contribution is 7.15. The summed E-state index contributed by atoms with van der Waals surface area (Å²) in [5.41, 5.74) is -0.773. The van der Waals surface area contributed by atoms with E-state index in [1.54, 1.807) is 4.90 Å². The van der Waals surface area contributed by atoms with E-state index in [2.05, 4.69) is 27.4 Å². The van der Waals surface area contributed by atoms with Crippen molar-refractivity contribution in [2.24, 2.45) is 0 Å². The summed E-state index contributed by atoms with van der Waals surface area (Å²) >= 11 is 1.37. The minimum absolute atomic E-state index is 0.252. The van der Waals surface area contributed by atoms with Crippen molar-refractivity contribution in [3.8, 4) is 0 Å². The van der Waals surface area contributed by atoms with Gasteiger partial charge in [-0.15, -0.1) is 10.2 Å². The van der Waals surface area contributed by atoms with Gasteiger partial charge in [-0.3, -0.25) is 5.32 Å². The number of alkyl halides is 3. The van der Waals surface area contributed by atoms with Crippen LogP contribution in [0.3, 0.4) is 0 Å². The Balaban J connectivity index is 1.50. The van der Waals surface area contributed by atoms with Gasteiger partial charge in [-0.05, 0) is 18.6 Å². The van der Waals surface area contributed by atoms with Gasteiger partial charge in [-0.1, -0.05) is 24.7 Å². The number of aromatic nitrogens is 3. The molecule has 7 nitrogen and oxygen atoms in total. The molecule has 0 aromatic carbocycles. The quantitative estimate of drug-likeness (QED) is 0.809. The molecule has 1 aliphatic heterocycles. The van der Waals surface area contributed by atoms with E-state index in [4.69, 9.17) is 0 Å². The molecule has 2 aromatic rings. The maximum Gasteiger partial charge on any atom is 0.417 e. The summed E-state index contributed by atoms with van der Waals surface area (Å²) in [5, 5.41) is 12.2. The number of carbonyl (C=O) groups is 1. The highest BCUT2D eigenvalue weighted by atomic mass is 32.1. The van der Waals surface area contributed by atoms with Crippen LogP contribution in [-0.4, -0.2) is 52.3 Å². The fourth-order valence-corrected chi connectivity index (χ4v) is 3.55. The Kier molecular flexibility index (Phi) is 6.32. The largest absolute Gasteiger partial charge is 0.417 e. The van der Waals surface area contributed by atoms with Gasteiger partial charge in [-0.2, -0.15) is 13.2 Å². The lowest BCUT2D eigenvalue weighted by molar-refractivity contribution is -0.137. The average molecular weight is 414 g/mol. The number of nitrogens with zero attached hydrogens (tertiary/aromatic N) is 5. The van der Waals surface area contributed by atoms with Crippen molar-refractivity contribution in [3.05, 3.63) is 28.9 Å². The summed E-state index contributed by atoms with van der Waals surface area (Å²) in [6, 6.07) is 2.13. The maximum atomic E-state index is 12.6. The van der Waals surface area contributed by atoms with E-state index in [9.17, 15) is 18.0 Å². The summed E-state index contributed by atoms with van der Waals surface area (Å²) in [4.78, 5) is 19.8. The molecule has 0 bridgehead atoms. The second kappa shape index (κ2) is 8.72. The summed E-state index contributed by atoms with van der Waals surface area (Å²) in [6.07, 6.45) is -0.617. The van der Waals surface area contributed by atoms with Crippen molar-refractivity contribution in [3.63, 3.8) is 0 Å². The second-order valence-electron chi connectivity index (χ2n) is 6.41. The molecule has 0 unspecified atom stereocenters. The molecular weight excluding hydrogens is 393 g/mol. The number of rotatable bonds is 5. The number of halogens is 3. The number of nitrogens with one attached hydrogen (secondary N) is 1. The number of piperazine rings is 1. The number of carbonyl (C=O) groups excluding carboxylic acids is 1. The van der Waals surface area contributed by atoms with Crippen LogP contribution >= 0.6 is 11.3 Å². The molecule has 1 aliphatic rings. The number of amides is 2. The van der Waals surface area contributed by atoms with Gasteiger partial charge in [-0.25, -0.2) is 9.78 Å². The SMILES string of the molecule is CCCCc1nnc(NC(=O)N2CCN(c3ccc(C(F)(F)F)cn3)CC2)s1. The molecule has 0 atom stereocenters. The zero-order chi connectivity index (χ0) is 20.1. The zero-order valence-electron chi connectivity index (χ0n) is 15.4. The van der Waals surface area contributed by atoms with Gasteiger partial charge in [0.05, 0.1) is 5.56 Å². The molecule has 1 saturated heterocycles. The minimum Gasteiger partial charge on any atom is -0.353 e. The summed E-state index contributed by atoms with van der Waals surface area (Å²) in [6.45, 7) is 3.96. The van der Waals surface area contributed by atoms with Crippen LogP contribution in [0.15, 0.2) is 18.3 Å². The lowest BCUT2D eigenvalue weighted by Gasteiger charge is -2.35. The third kappa shape index (κ3) is 5.09. The van der Waals surface area contributed by atoms with Crippen LogP contribution in [-0.2, 0) is 12.6 Å². The molecule has 0 radical (unpaired) electrons. The number of hydrogen-bond acceptors (Lipinski definition) is 6. The van der Waals surface area contributed by atoms with Crippen molar-refractivity contribution in [2.75, 3.05) is 36.4 Å². The predicted molar refractivity (Wildman–Crippen MR) is 101 cm³/mol. The van der Waals surface area contributed by atoms with Crippen LogP contribution in [0.25, 0.3) is 0 Å². The van der Waals surface area contributed by atoms with Crippen molar-refractivity contribution in [1.82, 2.24) is 20.1 Å². The summed E-state index contributed by atoms with van der Waals surface area (Å²) in [5.74, 6) is 0.470. The van der Waals surface area contributed by atoms with Crippen LogP contribution in [0.5, 0.6) is 0 Å². The molecule has 2 aromatic heterocycles. The van der Waals surface area contributed by atoms with Crippen LogP contribution < -0.4 is 10.2 Å². The first-order valence-electron chi connectivity index (χ1n) is 9.03. The normalized spacial score (nSPS) is 15.0. The minimum atomic E-state index is -4.40. The van der Waals surface area contributed by atoms with E-state index >= 15 is 0 Å². The summed E-state index contributed by atoms with van der Waals surface area (Å²) in [7, 11) is 0. The highest BCUT2D eigenvalue weighted by Crippen LogP contribution is 2.29. The molecule has 1 N–H and O–H groups in total. The molecule has 0 saturated carbocycles. The molecular formula is C17H21F3N6OS. The molecule has 2 amide bonds. The third-order valence-electron chi connectivity index (χ3n) is 4.39. The van der Waals surface area contributed by atoms with Gasteiger partial charge in [0.1, 0.15) is 10.8 Å². The number of hydrogen-bond donors (Lipinski definition) is 1. The third-order valence-corrected chi connectivity index (χ3v) is 5.29. The van der Waals surface area contributed by atoms with Gasteiger partial charge in [0.25, 0.3) is 0 Å².